The highest BCUT2D eigenvalue weighted by atomic mass is 32.1. The molecule has 0 spiro atoms. The number of fused-ring (bicyclic) bond motifs is 1. The van der Waals surface area contributed by atoms with Crippen LogP contribution in [0, 0.1) is 20.2 Å². The van der Waals surface area contributed by atoms with Crippen LogP contribution < -0.4 is 10.2 Å². The first-order valence-corrected chi connectivity index (χ1v) is 9.66. The number of anilines is 1. The molecule has 0 saturated heterocycles. The number of hydrogen-bond donors (Lipinski definition) is 1. The summed E-state index contributed by atoms with van der Waals surface area (Å²) in [6, 6.07) is 17.7. The maximum Gasteiger partial charge on any atom is 0.318 e. The molecule has 0 fully saturated rings. The quantitative estimate of drug-likeness (QED) is 0.235. The SMILES string of the molecule is O=[N+]([O-])c1ccc(Oc2cccc(/C=N\Nc3nc4ccccc4s3)c2)c([N+](=O)[O-])c1. The van der Waals surface area contributed by atoms with Crippen LogP contribution in [0.5, 0.6) is 11.5 Å². The van der Waals surface area contributed by atoms with Crippen molar-refractivity contribution in [1.29, 1.82) is 0 Å². The predicted octanol–water partition coefficient (Wildman–Crippen LogP) is 5.35. The molecule has 1 aromatic heterocycles. The second-order valence-electron chi connectivity index (χ2n) is 6.20. The summed E-state index contributed by atoms with van der Waals surface area (Å²) >= 11 is 1.47. The van der Waals surface area contributed by atoms with Crippen molar-refractivity contribution in [2.75, 3.05) is 5.43 Å². The van der Waals surface area contributed by atoms with Crippen LogP contribution in [0.25, 0.3) is 10.2 Å². The van der Waals surface area contributed by atoms with E-state index >= 15 is 0 Å². The zero-order valence-electron chi connectivity index (χ0n) is 15.7. The Kier molecular flexibility index (Phi) is 5.49. The van der Waals surface area contributed by atoms with Crippen molar-refractivity contribution in [3.05, 3.63) is 92.5 Å². The maximum atomic E-state index is 11.3. The number of aromatic nitrogens is 1. The molecule has 4 rings (SSSR count). The van der Waals surface area contributed by atoms with E-state index in [9.17, 15) is 20.2 Å². The van der Waals surface area contributed by atoms with Gasteiger partial charge in [0.1, 0.15) is 5.75 Å². The van der Waals surface area contributed by atoms with Crippen molar-refractivity contribution < 1.29 is 14.6 Å². The summed E-state index contributed by atoms with van der Waals surface area (Å²) in [6.07, 6.45) is 1.56. The first-order valence-electron chi connectivity index (χ1n) is 8.85. The number of benzene rings is 3. The smallest absolute Gasteiger partial charge is 0.318 e. The van der Waals surface area contributed by atoms with Crippen molar-refractivity contribution in [3.63, 3.8) is 0 Å². The number of nitrogens with one attached hydrogen (secondary N) is 1. The highest BCUT2D eigenvalue weighted by Gasteiger charge is 2.21. The summed E-state index contributed by atoms with van der Waals surface area (Å²) in [6.45, 7) is 0. The number of non-ortho nitro benzene ring substituents is 1. The van der Waals surface area contributed by atoms with Crippen LogP contribution in [0.1, 0.15) is 5.56 Å². The van der Waals surface area contributed by atoms with Gasteiger partial charge < -0.3 is 4.74 Å². The molecule has 0 aliphatic heterocycles. The van der Waals surface area contributed by atoms with Gasteiger partial charge in [0.15, 0.2) is 0 Å². The molecular formula is C20H13N5O5S. The Bertz CT molecular complexity index is 1290. The van der Waals surface area contributed by atoms with Gasteiger partial charge in [-0.3, -0.25) is 25.7 Å². The van der Waals surface area contributed by atoms with Crippen molar-refractivity contribution >= 4 is 44.3 Å². The Morgan fingerprint density at radius 2 is 1.84 bits per heavy atom. The molecule has 0 radical (unpaired) electrons. The van der Waals surface area contributed by atoms with Gasteiger partial charge in [0.2, 0.25) is 10.9 Å². The lowest BCUT2D eigenvalue weighted by Crippen LogP contribution is -1.96. The number of hydrazone groups is 1. The van der Waals surface area contributed by atoms with Gasteiger partial charge in [-0.2, -0.15) is 5.10 Å². The number of para-hydroxylation sites is 1. The average Bonchev–Trinajstić information content (AvgIpc) is 3.17. The van der Waals surface area contributed by atoms with Gasteiger partial charge in [-0.1, -0.05) is 35.6 Å². The van der Waals surface area contributed by atoms with Crippen molar-refractivity contribution in [1.82, 2.24) is 4.98 Å². The molecule has 3 aromatic carbocycles. The lowest BCUT2D eigenvalue weighted by Gasteiger charge is -2.07. The Hall–Kier alpha value is -4.38. The van der Waals surface area contributed by atoms with Crippen LogP contribution in [-0.4, -0.2) is 21.0 Å². The number of nitro groups is 2. The summed E-state index contributed by atoms with van der Waals surface area (Å²) in [5, 5.41) is 26.9. The maximum absolute atomic E-state index is 11.3. The molecule has 0 aliphatic carbocycles. The van der Waals surface area contributed by atoms with E-state index < -0.39 is 15.5 Å². The van der Waals surface area contributed by atoms with Crippen LogP contribution >= 0.6 is 11.3 Å². The molecule has 0 aliphatic rings. The van der Waals surface area contributed by atoms with Crippen LogP contribution in [0.4, 0.5) is 16.5 Å². The standard InChI is InChI=1S/C20H13N5O5S/c26-24(27)14-8-9-18(17(11-14)25(28)29)30-15-5-3-4-13(10-15)12-21-23-20-22-16-6-1-2-7-19(16)31-20/h1-12H,(H,22,23)/b21-12-. The molecule has 0 unspecified atom stereocenters. The number of hydrogen-bond acceptors (Lipinski definition) is 9. The molecular weight excluding hydrogens is 422 g/mol. The fraction of sp³-hybridized carbons (Fsp3) is 0. The summed E-state index contributed by atoms with van der Waals surface area (Å²) in [5.74, 6) is 0.221. The van der Waals surface area contributed by atoms with Gasteiger partial charge in [0.05, 0.1) is 32.3 Å². The van der Waals surface area contributed by atoms with Crippen molar-refractivity contribution in [3.8, 4) is 11.5 Å². The second-order valence-corrected chi connectivity index (χ2v) is 7.23. The van der Waals surface area contributed by atoms with Gasteiger partial charge in [-0.05, 0) is 35.9 Å². The van der Waals surface area contributed by atoms with E-state index in [4.69, 9.17) is 4.74 Å². The number of nitro benzene ring substituents is 2. The van der Waals surface area contributed by atoms with E-state index in [-0.39, 0.29) is 11.4 Å². The van der Waals surface area contributed by atoms with Crippen LogP contribution in [0.2, 0.25) is 0 Å². The number of nitrogens with zero attached hydrogens (tertiary/aromatic N) is 4. The summed E-state index contributed by atoms with van der Waals surface area (Å²) in [4.78, 5) is 25.1. The normalized spacial score (nSPS) is 11.0. The van der Waals surface area contributed by atoms with E-state index in [1.54, 1.807) is 30.5 Å². The lowest BCUT2D eigenvalue weighted by atomic mass is 10.2. The highest BCUT2D eigenvalue weighted by Crippen LogP contribution is 2.34. The highest BCUT2D eigenvalue weighted by molar-refractivity contribution is 7.22. The predicted molar refractivity (Wildman–Crippen MR) is 117 cm³/mol. The van der Waals surface area contributed by atoms with Crippen LogP contribution in [0.3, 0.4) is 0 Å². The average molecular weight is 435 g/mol. The number of thiazole rings is 1. The molecule has 0 atom stereocenters. The number of rotatable bonds is 7. The molecule has 1 N–H and O–H groups in total. The molecule has 154 valence electrons. The Morgan fingerprint density at radius 1 is 1.00 bits per heavy atom. The largest absolute Gasteiger partial charge is 0.450 e. The van der Waals surface area contributed by atoms with E-state index in [2.05, 4.69) is 15.5 Å². The summed E-state index contributed by atoms with van der Waals surface area (Å²) < 4.78 is 6.64. The zero-order valence-corrected chi connectivity index (χ0v) is 16.5. The number of ether oxygens (including phenoxy) is 1. The third kappa shape index (κ3) is 4.62. The van der Waals surface area contributed by atoms with E-state index in [1.165, 1.54) is 17.4 Å². The first kappa shape index (κ1) is 19.9. The molecule has 31 heavy (non-hydrogen) atoms. The Balaban J connectivity index is 1.50. The summed E-state index contributed by atoms with van der Waals surface area (Å²) in [7, 11) is 0. The molecule has 0 amide bonds. The van der Waals surface area contributed by atoms with Gasteiger partial charge in [0, 0.05) is 6.07 Å². The fourth-order valence-corrected chi connectivity index (χ4v) is 3.53. The topological polar surface area (TPSA) is 133 Å². The van der Waals surface area contributed by atoms with Gasteiger partial charge in [-0.15, -0.1) is 0 Å². The molecule has 1 heterocycles. The minimum Gasteiger partial charge on any atom is -0.450 e. The minimum atomic E-state index is -0.727. The van der Waals surface area contributed by atoms with Crippen LogP contribution in [-0.2, 0) is 0 Å². The first-order chi connectivity index (χ1) is 15.0. The fourth-order valence-electron chi connectivity index (χ4n) is 2.72. The van der Waals surface area contributed by atoms with E-state index in [0.29, 0.717) is 16.4 Å². The van der Waals surface area contributed by atoms with Gasteiger partial charge in [0.25, 0.3) is 5.69 Å². The van der Waals surface area contributed by atoms with E-state index in [0.717, 1.165) is 22.3 Å². The third-order valence-electron chi connectivity index (χ3n) is 4.10. The summed E-state index contributed by atoms with van der Waals surface area (Å²) in [5.41, 5.74) is 3.55. The Morgan fingerprint density at radius 3 is 2.61 bits per heavy atom. The molecule has 11 heteroatoms. The molecule has 4 aromatic rings. The zero-order chi connectivity index (χ0) is 21.8. The van der Waals surface area contributed by atoms with Gasteiger partial charge >= 0.3 is 5.69 Å². The van der Waals surface area contributed by atoms with E-state index in [1.807, 2.05) is 24.3 Å². The monoisotopic (exact) mass is 435 g/mol. The minimum absolute atomic E-state index is 0.0997. The third-order valence-corrected chi connectivity index (χ3v) is 5.04. The molecule has 0 saturated carbocycles. The van der Waals surface area contributed by atoms with Crippen LogP contribution in [0.15, 0.2) is 71.8 Å². The van der Waals surface area contributed by atoms with Crippen molar-refractivity contribution in [2.24, 2.45) is 5.10 Å². The molecule has 0 bridgehead atoms. The van der Waals surface area contributed by atoms with Gasteiger partial charge in [-0.25, -0.2) is 4.98 Å². The second kappa shape index (κ2) is 8.55. The van der Waals surface area contributed by atoms with Crippen molar-refractivity contribution in [2.45, 2.75) is 0 Å². The lowest BCUT2D eigenvalue weighted by molar-refractivity contribution is -0.394. The molecule has 10 nitrogen and oxygen atoms in total. The Labute approximate surface area is 178 Å².